The van der Waals surface area contributed by atoms with Gasteiger partial charge in [-0.3, -0.25) is 9.36 Å². The number of aromatic nitrogens is 3. The van der Waals surface area contributed by atoms with Gasteiger partial charge in [0.1, 0.15) is 0 Å². The molecule has 0 radical (unpaired) electrons. The Morgan fingerprint density at radius 2 is 1.88 bits per heavy atom. The SMILES string of the molecule is O=C(Nc1ccc(Cl)cc1)[C@H]1CCCN(c2nnc(-n3cccc3)s2)C1. The van der Waals surface area contributed by atoms with E-state index in [2.05, 4.69) is 20.4 Å². The molecule has 1 aliphatic rings. The number of carbonyl (C=O) groups excluding carboxylic acids is 1. The fraction of sp³-hybridized carbons (Fsp3) is 0.278. The molecule has 2 aromatic heterocycles. The Morgan fingerprint density at radius 3 is 2.65 bits per heavy atom. The van der Waals surface area contributed by atoms with Crippen LogP contribution in [0.4, 0.5) is 10.8 Å². The van der Waals surface area contributed by atoms with E-state index in [9.17, 15) is 4.79 Å². The highest BCUT2D eigenvalue weighted by molar-refractivity contribution is 7.17. The van der Waals surface area contributed by atoms with Crippen molar-refractivity contribution in [2.75, 3.05) is 23.3 Å². The van der Waals surface area contributed by atoms with Crippen molar-refractivity contribution in [3.05, 3.63) is 53.8 Å². The predicted octanol–water partition coefficient (Wildman–Crippen LogP) is 3.84. The molecule has 0 aliphatic carbocycles. The molecule has 1 saturated heterocycles. The summed E-state index contributed by atoms with van der Waals surface area (Å²) in [5, 5.41) is 13.9. The topological polar surface area (TPSA) is 63.1 Å². The number of nitrogens with zero attached hydrogens (tertiary/aromatic N) is 4. The first-order valence-corrected chi connectivity index (χ1v) is 9.67. The van der Waals surface area contributed by atoms with Gasteiger partial charge in [-0.15, -0.1) is 10.2 Å². The molecule has 8 heteroatoms. The molecule has 1 atom stereocenters. The van der Waals surface area contributed by atoms with Crippen molar-refractivity contribution in [3.63, 3.8) is 0 Å². The second-order valence-corrected chi connectivity index (χ2v) is 7.61. The minimum atomic E-state index is -0.0710. The first-order valence-electron chi connectivity index (χ1n) is 8.47. The van der Waals surface area contributed by atoms with Gasteiger partial charge in [-0.1, -0.05) is 22.9 Å². The van der Waals surface area contributed by atoms with Crippen LogP contribution in [-0.2, 0) is 4.79 Å². The largest absolute Gasteiger partial charge is 0.346 e. The first-order chi connectivity index (χ1) is 12.7. The van der Waals surface area contributed by atoms with Crippen molar-refractivity contribution in [1.29, 1.82) is 0 Å². The Labute approximate surface area is 160 Å². The van der Waals surface area contributed by atoms with E-state index >= 15 is 0 Å². The van der Waals surface area contributed by atoms with Gasteiger partial charge in [-0.05, 0) is 49.2 Å². The number of benzene rings is 1. The monoisotopic (exact) mass is 387 g/mol. The minimum absolute atomic E-state index is 0.0344. The maximum absolute atomic E-state index is 12.6. The molecule has 0 saturated carbocycles. The van der Waals surface area contributed by atoms with E-state index in [1.54, 1.807) is 12.1 Å². The average molecular weight is 388 g/mol. The maximum Gasteiger partial charge on any atom is 0.229 e. The molecular weight excluding hydrogens is 370 g/mol. The second-order valence-electron chi connectivity index (χ2n) is 6.24. The fourth-order valence-electron chi connectivity index (χ4n) is 3.04. The van der Waals surface area contributed by atoms with E-state index in [0.29, 0.717) is 11.6 Å². The summed E-state index contributed by atoms with van der Waals surface area (Å²) in [7, 11) is 0. The van der Waals surface area contributed by atoms with Crippen LogP contribution in [0.1, 0.15) is 12.8 Å². The van der Waals surface area contributed by atoms with Gasteiger partial charge in [0.25, 0.3) is 0 Å². The third kappa shape index (κ3) is 3.73. The highest BCUT2D eigenvalue weighted by atomic mass is 35.5. The number of anilines is 2. The lowest BCUT2D eigenvalue weighted by Crippen LogP contribution is -2.40. The summed E-state index contributed by atoms with van der Waals surface area (Å²) in [6.07, 6.45) is 5.72. The Kier molecular flexibility index (Phi) is 4.90. The summed E-state index contributed by atoms with van der Waals surface area (Å²) in [5.41, 5.74) is 0.766. The maximum atomic E-state index is 12.6. The van der Waals surface area contributed by atoms with Crippen LogP contribution in [0.5, 0.6) is 0 Å². The lowest BCUT2D eigenvalue weighted by atomic mass is 9.97. The average Bonchev–Trinajstić information content (AvgIpc) is 3.35. The van der Waals surface area contributed by atoms with Crippen molar-refractivity contribution in [2.45, 2.75) is 12.8 Å². The molecule has 0 spiro atoms. The molecule has 1 fully saturated rings. The number of halogens is 1. The third-order valence-electron chi connectivity index (χ3n) is 4.40. The molecule has 1 aromatic carbocycles. The number of nitrogens with one attached hydrogen (secondary N) is 1. The van der Waals surface area contributed by atoms with E-state index in [4.69, 9.17) is 11.6 Å². The zero-order chi connectivity index (χ0) is 17.9. The Morgan fingerprint density at radius 1 is 1.15 bits per heavy atom. The summed E-state index contributed by atoms with van der Waals surface area (Å²) in [5.74, 6) is -0.0365. The van der Waals surface area contributed by atoms with Crippen LogP contribution >= 0.6 is 22.9 Å². The van der Waals surface area contributed by atoms with E-state index in [0.717, 1.165) is 35.3 Å². The van der Waals surface area contributed by atoms with Crippen LogP contribution in [0, 0.1) is 5.92 Å². The van der Waals surface area contributed by atoms with E-state index in [1.807, 2.05) is 41.2 Å². The highest BCUT2D eigenvalue weighted by Gasteiger charge is 2.27. The number of carbonyl (C=O) groups is 1. The lowest BCUT2D eigenvalue weighted by molar-refractivity contribution is -0.120. The second kappa shape index (κ2) is 7.47. The van der Waals surface area contributed by atoms with Gasteiger partial charge < -0.3 is 10.2 Å². The molecule has 4 rings (SSSR count). The molecule has 0 bridgehead atoms. The van der Waals surface area contributed by atoms with Crippen molar-refractivity contribution in [1.82, 2.24) is 14.8 Å². The normalized spacial score (nSPS) is 17.3. The molecule has 1 aliphatic heterocycles. The van der Waals surface area contributed by atoms with Gasteiger partial charge in [0.15, 0.2) is 0 Å². The van der Waals surface area contributed by atoms with Crippen LogP contribution < -0.4 is 10.2 Å². The summed E-state index contributed by atoms with van der Waals surface area (Å²) >= 11 is 7.43. The molecule has 1 N–H and O–H groups in total. The van der Waals surface area contributed by atoms with Crippen molar-refractivity contribution < 1.29 is 4.79 Å². The number of amides is 1. The Hall–Kier alpha value is -2.38. The Bertz CT molecular complexity index is 877. The Balaban J connectivity index is 1.42. The van der Waals surface area contributed by atoms with Gasteiger partial charge in [0, 0.05) is 36.2 Å². The van der Waals surface area contributed by atoms with Crippen LogP contribution in [0.15, 0.2) is 48.8 Å². The highest BCUT2D eigenvalue weighted by Crippen LogP contribution is 2.28. The summed E-state index contributed by atoms with van der Waals surface area (Å²) < 4.78 is 1.94. The standard InChI is InChI=1S/C18H18ClN5OS/c19-14-5-7-15(8-6-14)20-16(25)13-4-3-11-24(12-13)18-22-21-17(26-18)23-9-1-2-10-23/h1-2,5-10,13H,3-4,11-12H2,(H,20,25)/t13-/m0/s1. The molecule has 26 heavy (non-hydrogen) atoms. The van der Waals surface area contributed by atoms with Crippen LogP contribution in [0.3, 0.4) is 0 Å². The van der Waals surface area contributed by atoms with Gasteiger partial charge in [0.2, 0.25) is 16.2 Å². The van der Waals surface area contributed by atoms with E-state index in [1.165, 1.54) is 11.3 Å². The van der Waals surface area contributed by atoms with Crippen LogP contribution in [0.2, 0.25) is 5.02 Å². The number of piperidine rings is 1. The van der Waals surface area contributed by atoms with Crippen LogP contribution in [0.25, 0.3) is 5.13 Å². The molecule has 3 heterocycles. The molecule has 3 aromatic rings. The van der Waals surface area contributed by atoms with Crippen molar-refractivity contribution in [3.8, 4) is 5.13 Å². The molecule has 134 valence electrons. The van der Waals surface area contributed by atoms with Crippen LogP contribution in [-0.4, -0.2) is 33.8 Å². The lowest BCUT2D eigenvalue weighted by Gasteiger charge is -2.31. The number of rotatable bonds is 4. The summed E-state index contributed by atoms with van der Waals surface area (Å²) in [4.78, 5) is 14.8. The predicted molar refractivity (Wildman–Crippen MR) is 104 cm³/mol. The summed E-state index contributed by atoms with van der Waals surface area (Å²) in [6.45, 7) is 1.55. The zero-order valence-electron chi connectivity index (χ0n) is 14.0. The molecule has 0 unspecified atom stereocenters. The van der Waals surface area contributed by atoms with Gasteiger partial charge in [-0.2, -0.15) is 0 Å². The van der Waals surface area contributed by atoms with Gasteiger partial charge in [-0.25, -0.2) is 0 Å². The quantitative estimate of drug-likeness (QED) is 0.738. The smallest absolute Gasteiger partial charge is 0.229 e. The number of hydrogen-bond donors (Lipinski definition) is 1. The molecular formula is C18H18ClN5OS. The van der Waals surface area contributed by atoms with Crippen molar-refractivity contribution in [2.24, 2.45) is 5.92 Å². The van der Waals surface area contributed by atoms with Gasteiger partial charge >= 0.3 is 0 Å². The van der Waals surface area contributed by atoms with Crippen molar-refractivity contribution >= 4 is 39.7 Å². The zero-order valence-corrected chi connectivity index (χ0v) is 15.6. The molecule has 6 nitrogen and oxygen atoms in total. The third-order valence-corrected chi connectivity index (χ3v) is 5.65. The first kappa shape index (κ1) is 17.1. The number of hydrogen-bond acceptors (Lipinski definition) is 5. The van der Waals surface area contributed by atoms with E-state index < -0.39 is 0 Å². The van der Waals surface area contributed by atoms with Gasteiger partial charge in [0.05, 0.1) is 5.92 Å². The summed E-state index contributed by atoms with van der Waals surface area (Å²) in [6, 6.07) is 11.1. The minimum Gasteiger partial charge on any atom is -0.346 e. The van der Waals surface area contributed by atoms with E-state index in [-0.39, 0.29) is 11.8 Å². The fourth-order valence-corrected chi connectivity index (χ4v) is 4.02. The molecule has 1 amide bonds.